The van der Waals surface area contributed by atoms with Crippen LogP contribution in [0.1, 0.15) is 34.9 Å². The number of anilines is 1. The van der Waals surface area contributed by atoms with E-state index in [9.17, 15) is 4.79 Å². The van der Waals surface area contributed by atoms with Gasteiger partial charge >= 0.3 is 0 Å². The lowest BCUT2D eigenvalue weighted by atomic mass is 10.1. The summed E-state index contributed by atoms with van der Waals surface area (Å²) in [6.45, 7) is 1.99. The molecule has 0 bridgehead atoms. The lowest BCUT2D eigenvalue weighted by Crippen LogP contribution is -2.14. The average molecular weight is 303 g/mol. The van der Waals surface area contributed by atoms with Crippen molar-refractivity contribution in [2.24, 2.45) is 0 Å². The van der Waals surface area contributed by atoms with Crippen molar-refractivity contribution in [2.45, 2.75) is 32.1 Å². The van der Waals surface area contributed by atoms with Gasteiger partial charge in [-0.2, -0.15) is 0 Å². The van der Waals surface area contributed by atoms with Crippen LogP contribution in [0.2, 0.25) is 0 Å². The summed E-state index contributed by atoms with van der Waals surface area (Å²) >= 11 is 1.47. The predicted octanol–water partition coefficient (Wildman–Crippen LogP) is 2.91. The van der Waals surface area contributed by atoms with Gasteiger partial charge in [-0.3, -0.25) is 4.79 Å². The first-order valence-corrected chi connectivity index (χ1v) is 7.74. The number of aryl methyl sites for hydroxylation is 1. The van der Waals surface area contributed by atoms with Gasteiger partial charge in [0.1, 0.15) is 10.8 Å². The molecule has 0 aliphatic heterocycles. The Morgan fingerprint density at radius 1 is 1.43 bits per heavy atom. The maximum atomic E-state index is 12.1. The third-order valence-electron chi connectivity index (χ3n) is 3.40. The first kappa shape index (κ1) is 14.0. The molecule has 1 aliphatic rings. The summed E-state index contributed by atoms with van der Waals surface area (Å²) in [5.74, 6) is 1.19. The van der Waals surface area contributed by atoms with Crippen molar-refractivity contribution in [3.63, 3.8) is 0 Å². The molecule has 1 amide bonds. The van der Waals surface area contributed by atoms with E-state index < -0.39 is 0 Å². The SMILES string of the molecule is COc1ccc(C)cc1CC(=O)Nc1nnc(C2CC2)s1. The zero-order valence-corrected chi connectivity index (χ0v) is 12.9. The monoisotopic (exact) mass is 303 g/mol. The fourth-order valence-electron chi connectivity index (χ4n) is 2.16. The molecule has 0 atom stereocenters. The molecule has 1 heterocycles. The quantitative estimate of drug-likeness (QED) is 0.922. The summed E-state index contributed by atoms with van der Waals surface area (Å²) in [6.07, 6.45) is 2.63. The maximum Gasteiger partial charge on any atom is 0.230 e. The number of hydrogen-bond acceptors (Lipinski definition) is 5. The normalized spacial score (nSPS) is 14.0. The second-order valence-corrected chi connectivity index (χ2v) is 6.27. The molecule has 5 nitrogen and oxygen atoms in total. The second-order valence-electron chi connectivity index (χ2n) is 5.26. The van der Waals surface area contributed by atoms with Gasteiger partial charge in [-0.25, -0.2) is 0 Å². The van der Waals surface area contributed by atoms with Gasteiger partial charge in [0, 0.05) is 11.5 Å². The highest BCUT2D eigenvalue weighted by Gasteiger charge is 2.27. The van der Waals surface area contributed by atoms with Gasteiger partial charge in [0.2, 0.25) is 11.0 Å². The molecule has 0 unspecified atom stereocenters. The van der Waals surface area contributed by atoms with Crippen LogP contribution in [0.25, 0.3) is 0 Å². The predicted molar refractivity (Wildman–Crippen MR) is 81.9 cm³/mol. The first-order chi connectivity index (χ1) is 10.2. The van der Waals surface area contributed by atoms with Crippen molar-refractivity contribution in [1.82, 2.24) is 10.2 Å². The van der Waals surface area contributed by atoms with Gasteiger partial charge in [0.05, 0.1) is 13.5 Å². The number of aromatic nitrogens is 2. The molecule has 2 aromatic rings. The van der Waals surface area contributed by atoms with Crippen molar-refractivity contribution in [2.75, 3.05) is 12.4 Å². The Hall–Kier alpha value is -1.95. The van der Waals surface area contributed by atoms with Crippen LogP contribution in [0.4, 0.5) is 5.13 Å². The molecule has 1 saturated carbocycles. The molecule has 1 fully saturated rings. The zero-order chi connectivity index (χ0) is 14.8. The van der Waals surface area contributed by atoms with E-state index in [1.165, 1.54) is 24.2 Å². The second kappa shape index (κ2) is 5.81. The number of amides is 1. The highest BCUT2D eigenvalue weighted by molar-refractivity contribution is 7.15. The Kier molecular flexibility index (Phi) is 3.88. The van der Waals surface area contributed by atoms with Crippen LogP contribution in [0, 0.1) is 6.92 Å². The molecule has 21 heavy (non-hydrogen) atoms. The van der Waals surface area contributed by atoms with Crippen molar-refractivity contribution in [3.8, 4) is 5.75 Å². The van der Waals surface area contributed by atoms with Crippen molar-refractivity contribution >= 4 is 22.4 Å². The van der Waals surface area contributed by atoms with Crippen LogP contribution < -0.4 is 10.1 Å². The number of carbonyl (C=O) groups excluding carboxylic acids is 1. The summed E-state index contributed by atoms with van der Waals surface area (Å²) in [7, 11) is 1.61. The molecule has 1 aliphatic carbocycles. The van der Waals surface area contributed by atoms with Gasteiger partial charge in [-0.05, 0) is 25.8 Å². The lowest BCUT2D eigenvalue weighted by molar-refractivity contribution is -0.115. The molecule has 0 saturated heterocycles. The average Bonchev–Trinajstić information content (AvgIpc) is 3.20. The van der Waals surface area contributed by atoms with E-state index in [1.54, 1.807) is 7.11 Å². The summed E-state index contributed by atoms with van der Waals surface area (Å²) in [5, 5.41) is 12.6. The summed E-state index contributed by atoms with van der Waals surface area (Å²) in [6, 6.07) is 5.81. The molecule has 110 valence electrons. The van der Waals surface area contributed by atoms with Crippen molar-refractivity contribution in [1.29, 1.82) is 0 Å². The summed E-state index contributed by atoms with van der Waals surface area (Å²) in [5.41, 5.74) is 1.98. The van der Waals surface area contributed by atoms with Crippen molar-refractivity contribution < 1.29 is 9.53 Å². The molecule has 0 radical (unpaired) electrons. The summed E-state index contributed by atoms with van der Waals surface area (Å²) < 4.78 is 5.29. The Morgan fingerprint density at radius 3 is 2.95 bits per heavy atom. The number of methoxy groups -OCH3 is 1. The highest BCUT2D eigenvalue weighted by atomic mass is 32.1. The number of ether oxygens (including phenoxy) is 1. The largest absolute Gasteiger partial charge is 0.496 e. The van der Waals surface area contributed by atoms with Crippen LogP contribution in [0.15, 0.2) is 18.2 Å². The molecule has 3 rings (SSSR count). The topological polar surface area (TPSA) is 64.1 Å². The first-order valence-electron chi connectivity index (χ1n) is 6.92. The van der Waals surface area contributed by atoms with Crippen LogP contribution in [-0.4, -0.2) is 23.2 Å². The zero-order valence-electron chi connectivity index (χ0n) is 12.0. The van der Waals surface area contributed by atoms with Gasteiger partial charge < -0.3 is 10.1 Å². The fraction of sp³-hybridized carbons (Fsp3) is 0.400. The van der Waals surface area contributed by atoms with E-state index in [-0.39, 0.29) is 12.3 Å². The molecule has 1 aromatic heterocycles. The minimum absolute atomic E-state index is 0.0996. The number of hydrogen-bond donors (Lipinski definition) is 1. The highest BCUT2D eigenvalue weighted by Crippen LogP contribution is 2.42. The van der Waals surface area contributed by atoms with E-state index >= 15 is 0 Å². The Balaban J connectivity index is 1.66. The Bertz CT molecular complexity index is 665. The van der Waals surface area contributed by atoms with E-state index in [0.717, 1.165) is 21.9 Å². The van der Waals surface area contributed by atoms with Gasteiger partial charge in [0.15, 0.2) is 0 Å². The van der Waals surface area contributed by atoms with Crippen LogP contribution in [-0.2, 0) is 11.2 Å². The van der Waals surface area contributed by atoms with Crippen LogP contribution in [0.5, 0.6) is 5.75 Å². The van der Waals surface area contributed by atoms with Crippen LogP contribution >= 0.6 is 11.3 Å². The minimum atomic E-state index is -0.0996. The van der Waals surface area contributed by atoms with E-state index in [4.69, 9.17) is 4.74 Å². The van der Waals surface area contributed by atoms with E-state index in [0.29, 0.717) is 11.0 Å². The fourth-order valence-corrected chi connectivity index (χ4v) is 3.09. The molecule has 1 N–H and O–H groups in total. The number of benzene rings is 1. The number of rotatable bonds is 5. The maximum absolute atomic E-state index is 12.1. The molecule has 0 spiro atoms. The van der Waals surface area contributed by atoms with E-state index in [2.05, 4.69) is 15.5 Å². The van der Waals surface area contributed by atoms with Gasteiger partial charge in [-0.1, -0.05) is 29.0 Å². The van der Waals surface area contributed by atoms with Crippen molar-refractivity contribution in [3.05, 3.63) is 34.3 Å². The summed E-state index contributed by atoms with van der Waals surface area (Å²) in [4.78, 5) is 12.1. The smallest absolute Gasteiger partial charge is 0.230 e. The van der Waals surface area contributed by atoms with Gasteiger partial charge in [-0.15, -0.1) is 10.2 Å². The molecular formula is C15H17N3O2S. The molecule has 1 aromatic carbocycles. The molecule has 6 heteroatoms. The standard InChI is InChI=1S/C15H17N3O2S/c1-9-3-6-12(20-2)11(7-9)8-13(19)16-15-18-17-14(21-15)10-4-5-10/h3,6-7,10H,4-5,8H2,1-2H3,(H,16,18,19). The lowest BCUT2D eigenvalue weighted by Gasteiger charge is -2.08. The Morgan fingerprint density at radius 2 is 2.24 bits per heavy atom. The Labute approximate surface area is 127 Å². The minimum Gasteiger partial charge on any atom is -0.496 e. The van der Waals surface area contributed by atoms with Gasteiger partial charge in [0.25, 0.3) is 0 Å². The third kappa shape index (κ3) is 3.39. The third-order valence-corrected chi connectivity index (χ3v) is 4.40. The number of nitrogens with one attached hydrogen (secondary N) is 1. The van der Waals surface area contributed by atoms with Crippen LogP contribution in [0.3, 0.4) is 0 Å². The van der Waals surface area contributed by atoms with E-state index in [1.807, 2.05) is 25.1 Å². The number of nitrogens with zero attached hydrogens (tertiary/aromatic N) is 2. The molecular weight excluding hydrogens is 286 g/mol. The number of carbonyl (C=O) groups is 1.